The summed E-state index contributed by atoms with van der Waals surface area (Å²) in [5, 5.41) is 2.78. The van der Waals surface area contributed by atoms with Gasteiger partial charge in [0.15, 0.2) is 17.7 Å². The molecule has 0 unspecified atom stereocenters. The molecular formula is C23H25N3O5. The van der Waals surface area contributed by atoms with Crippen molar-refractivity contribution in [2.45, 2.75) is 44.6 Å². The van der Waals surface area contributed by atoms with Gasteiger partial charge in [0.25, 0.3) is 11.8 Å². The van der Waals surface area contributed by atoms with Crippen LogP contribution >= 0.6 is 0 Å². The molecule has 2 aliphatic heterocycles. The molecule has 8 nitrogen and oxygen atoms in total. The summed E-state index contributed by atoms with van der Waals surface area (Å²) in [7, 11) is 1.35. The Bertz CT molecular complexity index is 1080. The molecule has 1 saturated carbocycles. The van der Waals surface area contributed by atoms with Crippen LogP contribution in [0.4, 0.5) is 0 Å². The second-order valence-electron chi connectivity index (χ2n) is 8.33. The van der Waals surface area contributed by atoms with Crippen LogP contribution in [0.2, 0.25) is 0 Å². The lowest BCUT2D eigenvalue weighted by atomic mass is 9.98. The Hall–Kier alpha value is -3.13. The number of aromatic nitrogens is 1. The van der Waals surface area contributed by atoms with E-state index in [1.54, 1.807) is 9.47 Å². The van der Waals surface area contributed by atoms with Crippen LogP contribution < -0.4 is 15.5 Å². The maximum atomic E-state index is 13.4. The molecule has 8 heteroatoms. The summed E-state index contributed by atoms with van der Waals surface area (Å²) in [6, 6.07) is 9.58. The summed E-state index contributed by atoms with van der Waals surface area (Å²) in [5.74, 6) is -0.515. The zero-order chi connectivity index (χ0) is 21.5. The van der Waals surface area contributed by atoms with E-state index < -0.39 is 17.6 Å². The number of hydrogen-bond acceptors (Lipinski definition) is 5. The van der Waals surface area contributed by atoms with E-state index in [9.17, 15) is 14.4 Å². The van der Waals surface area contributed by atoms with Gasteiger partial charge in [-0.1, -0.05) is 36.8 Å². The fourth-order valence-electron chi connectivity index (χ4n) is 5.05. The summed E-state index contributed by atoms with van der Waals surface area (Å²) in [5.41, 5.74) is 0.493. The fourth-order valence-corrected chi connectivity index (χ4v) is 5.05. The molecule has 2 aromatic rings. The average Bonchev–Trinajstić information content (AvgIpc) is 3.27. The number of carbonyl (C=O) groups excluding carboxylic acids is 2. The van der Waals surface area contributed by atoms with E-state index in [2.05, 4.69) is 5.32 Å². The van der Waals surface area contributed by atoms with Crippen molar-refractivity contribution < 1.29 is 19.1 Å². The summed E-state index contributed by atoms with van der Waals surface area (Å²) in [6.07, 6.45) is 4.13. The fraction of sp³-hybridized carbons (Fsp3) is 0.435. The number of carbonyl (C=O) groups is 2. The highest BCUT2D eigenvalue weighted by Crippen LogP contribution is 2.39. The van der Waals surface area contributed by atoms with Gasteiger partial charge in [-0.25, -0.2) is 0 Å². The van der Waals surface area contributed by atoms with Gasteiger partial charge >= 0.3 is 0 Å². The molecule has 0 bridgehead atoms. The monoisotopic (exact) mass is 423 g/mol. The lowest BCUT2D eigenvalue weighted by Crippen LogP contribution is -2.59. The molecule has 31 heavy (non-hydrogen) atoms. The van der Waals surface area contributed by atoms with Crippen LogP contribution in [-0.2, 0) is 17.8 Å². The molecule has 2 fully saturated rings. The number of nitrogens with one attached hydrogen (secondary N) is 1. The summed E-state index contributed by atoms with van der Waals surface area (Å²) < 4.78 is 13.0. The first-order valence-electron chi connectivity index (χ1n) is 10.7. The van der Waals surface area contributed by atoms with Gasteiger partial charge in [-0.2, -0.15) is 0 Å². The second kappa shape index (κ2) is 7.85. The Morgan fingerprint density at radius 2 is 2.03 bits per heavy atom. The third kappa shape index (κ3) is 3.31. The first kappa shape index (κ1) is 19.8. The number of rotatable bonds is 4. The molecule has 2 amide bonds. The highest BCUT2D eigenvalue weighted by Gasteiger charge is 2.47. The van der Waals surface area contributed by atoms with Crippen LogP contribution in [0, 0.1) is 5.92 Å². The molecule has 0 radical (unpaired) electrons. The van der Waals surface area contributed by atoms with Gasteiger partial charge in [0.2, 0.25) is 5.43 Å². The lowest BCUT2D eigenvalue weighted by molar-refractivity contribution is -0.134. The predicted octanol–water partition coefficient (Wildman–Crippen LogP) is 1.77. The van der Waals surface area contributed by atoms with Crippen molar-refractivity contribution in [3.8, 4) is 5.75 Å². The Morgan fingerprint density at radius 3 is 2.81 bits per heavy atom. The molecule has 1 N–H and O–H groups in total. The zero-order valence-electron chi connectivity index (χ0n) is 17.4. The number of methoxy groups -OCH3 is 1. The molecule has 162 valence electrons. The highest BCUT2D eigenvalue weighted by molar-refractivity contribution is 5.99. The van der Waals surface area contributed by atoms with Gasteiger partial charge in [0.1, 0.15) is 5.56 Å². The van der Waals surface area contributed by atoms with Crippen LogP contribution in [0.1, 0.15) is 45.7 Å². The molecule has 3 aliphatic rings. The first-order chi connectivity index (χ1) is 15.1. The number of nitrogens with zero attached hydrogens (tertiary/aromatic N) is 2. The molecule has 0 spiro atoms. The SMILES string of the molecule is COc1c2n(cc(C(=O)NCc3ccccc3)c1=O)C[C@H]1OC[C@@H]3CCC[C@@H]3N1C2=O. The van der Waals surface area contributed by atoms with E-state index in [1.165, 1.54) is 13.3 Å². The molecule has 1 aromatic heterocycles. The largest absolute Gasteiger partial charge is 0.491 e. The van der Waals surface area contributed by atoms with E-state index in [0.717, 1.165) is 24.8 Å². The van der Waals surface area contributed by atoms with Gasteiger partial charge in [-0.05, 0) is 18.4 Å². The van der Waals surface area contributed by atoms with Gasteiger partial charge in [-0.3, -0.25) is 14.4 Å². The second-order valence-corrected chi connectivity index (χ2v) is 8.33. The minimum absolute atomic E-state index is 0.0488. The smallest absolute Gasteiger partial charge is 0.276 e. The topological polar surface area (TPSA) is 89.9 Å². The standard InChI is InChI=1S/C23H25N3O5/c1-30-21-19-23(29)26-17-9-5-8-15(17)13-31-18(26)12-25(19)11-16(20(21)27)22(28)24-10-14-6-3-2-4-7-14/h2-4,6-7,11,15,17-18H,5,8-10,12-13H2,1H3,(H,24,28)/t15-,17-,18+/m0/s1. The number of ether oxygens (including phenoxy) is 2. The number of amides is 2. The van der Waals surface area contributed by atoms with E-state index in [-0.39, 0.29) is 29.0 Å². The lowest BCUT2D eigenvalue weighted by Gasteiger charge is -2.46. The zero-order valence-corrected chi connectivity index (χ0v) is 17.4. The van der Waals surface area contributed by atoms with Crippen molar-refractivity contribution in [1.29, 1.82) is 0 Å². The summed E-state index contributed by atoms with van der Waals surface area (Å²) in [4.78, 5) is 41.1. The highest BCUT2D eigenvalue weighted by atomic mass is 16.5. The average molecular weight is 423 g/mol. The quantitative estimate of drug-likeness (QED) is 0.810. The van der Waals surface area contributed by atoms with Crippen LogP contribution in [-0.4, -0.2) is 47.3 Å². The third-order valence-corrected chi connectivity index (χ3v) is 6.56. The van der Waals surface area contributed by atoms with E-state index in [0.29, 0.717) is 25.6 Å². The van der Waals surface area contributed by atoms with Crippen molar-refractivity contribution in [3.63, 3.8) is 0 Å². The van der Waals surface area contributed by atoms with E-state index >= 15 is 0 Å². The number of fused-ring (bicyclic) bond motifs is 4. The molecule has 1 aromatic carbocycles. The summed E-state index contributed by atoms with van der Waals surface area (Å²) in [6.45, 7) is 1.29. The first-order valence-corrected chi connectivity index (χ1v) is 10.7. The van der Waals surface area contributed by atoms with Crippen molar-refractivity contribution in [2.24, 2.45) is 5.92 Å². The Labute approximate surface area is 179 Å². The number of pyridine rings is 1. The molecule has 1 saturated heterocycles. The van der Waals surface area contributed by atoms with Crippen molar-refractivity contribution in [2.75, 3.05) is 13.7 Å². The van der Waals surface area contributed by atoms with Crippen molar-refractivity contribution in [1.82, 2.24) is 14.8 Å². The maximum absolute atomic E-state index is 13.4. The third-order valence-electron chi connectivity index (χ3n) is 6.56. The van der Waals surface area contributed by atoms with Gasteiger partial charge in [0, 0.05) is 24.7 Å². The molecule has 1 aliphatic carbocycles. The molecule has 3 atom stereocenters. The molecule has 5 rings (SSSR count). The van der Waals surface area contributed by atoms with E-state index in [1.807, 2.05) is 30.3 Å². The van der Waals surface area contributed by atoms with Gasteiger partial charge in [-0.15, -0.1) is 0 Å². The molecular weight excluding hydrogens is 398 g/mol. The minimum atomic E-state index is -0.577. The van der Waals surface area contributed by atoms with Crippen LogP contribution in [0.3, 0.4) is 0 Å². The maximum Gasteiger partial charge on any atom is 0.276 e. The Kier molecular flexibility index (Phi) is 5.02. The van der Waals surface area contributed by atoms with Crippen molar-refractivity contribution in [3.05, 3.63) is 63.6 Å². The van der Waals surface area contributed by atoms with Crippen LogP contribution in [0.5, 0.6) is 5.75 Å². The van der Waals surface area contributed by atoms with Crippen molar-refractivity contribution >= 4 is 11.8 Å². The Morgan fingerprint density at radius 1 is 1.23 bits per heavy atom. The van der Waals surface area contributed by atoms with E-state index in [4.69, 9.17) is 9.47 Å². The number of benzene rings is 1. The Balaban J connectivity index is 1.48. The normalized spacial score (nSPS) is 24.2. The van der Waals surface area contributed by atoms with Gasteiger partial charge < -0.3 is 24.3 Å². The minimum Gasteiger partial charge on any atom is -0.491 e. The number of hydrogen-bond donors (Lipinski definition) is 1. The van der Waals surface area contributed by atoms with Gasteiger partial charge in [0.05, 0.1) is 20.3 Å². The van der Waals surface area contributed by atoms with Crippen LogP contribution in [0.15, 0.2) is 41.3 Å². The van der Waals surface area contributed by atoms with Crippen LogP contribution in [0.25, 0.3) is 0 Å². The molecule has 3 heterocycles. The summed E-state index contributed by atoms with van der Waals surface area (Å²) >= 11 is 0. The predicted molar refractivity (Wildman–Crippen MR) is 112 cm³/mol.